The van der Waals surface area contributed by atoms with Gasteiger partial charge in [-0.1, -0.05) is 23.7 Å². The van der Waals surface area contributed by atoms with Gasteiger partial charge in [0.05, 0.1) is 18.2 Å². The van der Waals surface area contributed by atoms with Crippen LogP contribution in [0.3, 0.4) is 0 Å². The predicted octanol–water partition coefficient (Wildman–Crippen LogP) is 2.77. The third-order valence-corrected chi connectivity index (χ3v) is 4.12. The van der Waals surface area contributed by atoms with E-state index in [1.807, 2.05) is 0 Å². The van der Waals surface area contributed by atoms with Crippen LogP contribution in [0.25, 0.3) is 0 Å². The zero-order valence-corrected chi connectivity index (χ0v) is 14.1. The maximum Gasteiger partial charge on any atom is 0.340 e. The van der Waals surface area contributed by atoms with E-state index in [9.17, 15) is 14.7 Å². The lowest BCUT2D eigenvalue weighted by Crippen LogP contribution is -2.28. The number of rotatable bonds is 5. The van der Waals surface area contributed by atoms with Crippen LogP contribution in [0.15, 0.2) is 30.3 Å². The number of fused-ring (bicyclic) bond motifs is 1. The number of methoxy groups -OCH3 is 1. The quantitative estimate of drug-likeness (QED) is 0.650. The summed E-state index contributed by atoms with van der Waals surface area (Å²) in [7, 11) is 1.40. The molecule has 0 saturated carbocycles. The summed E-state index contributed by atoms with van der Waals surface area (Å²) in [6.07, 6.45) is -0.689. The van der Waals surface area contributed by atoms with Crippen molar-refractivity contribution < 1.29 is 28.9 Å². The van der Waals surface area contributed by atoms with Crippen molar-refractivity contribution in [1.82, 2.24) is 0 Å². The van der Waals surface area contributed by atoms with Crippen molar-refractivity contribution in [2.75, 3.05) is 7.11 Å². The molecule has 1 unspecified atom stereocenters. The van der Waals surface area contributed by atoms with Crippen molar-refractivity contribution in [3.8, 4) is 11.5 Å². The molecule has 6 nitrogen and oxygen atoms in total. The number of aliphatic hydroxyl groups is 1. The monoisotopic (exact) mass is 362 g/mol. The van der Waals surface area contributed by atoms with Crippen molar-refractivity contribution in [2.45, 2.75) is 19.3 Å². The molecule has 0 fully saturated rings. The van der Waals surface area contributed by atoms with Gasteiger partial charge in [0.25, 0.3) is 0 Å². The van der Waals surface area contributed by atoms with Gasteiger partial charge in [0.15, 0.2) is 17.8 Å². The molecule has 2 aromatic carbocycles. The summed E-state index contributed by atoms with van der Waals surface area (Å²) in [5, 5.41) is 10.2. The summed E-state index contributed by atoms with van der Waals surface area (Å²) in [4.78, 5) is 23.6. The minimum absolute atomic E-state index is 0.0168. The molecule has 1 aliphatic heterocycles. The van der Waals surface area contributed by atoms with E-state index < -0.39 is 12.3 Å². The van der Waals surface area contributed by atoms with E-state index in [1.54, 1.807) is 24.3 Å². The Kier molecular flexibility index (Phi) is 4.92. The average molecular weight is 363 g/mol. The molecular formula is C18H15ClO6. The number of carbonyl (C=O) groups is 2. The maximum absolute atomic E-state index is 12.0. The average Bonchev–Trinajstić information content (AvgIpc) is 2.60. The van der Waals surface area contributed by atoms with Crippen LogP contribution < -0.4 is 9.47 Å². The molecule has 1 heterocycles. The fourth-order valence-corrected chi connectivity index (χ4v) is 2.81. The highest BCUT2D eigenvalue weighted by Crippen LogP contribution is 2.38. The topological polar surface area (TPSA) is 82.1 Å². The zero-order valence-electron chi connectivity index (χ0n) is 13.3. The minimum atomic E-state index is -1.29. The second kappa shape index (κ2) is 7.13. The zero-order chi connectivity index (χ0) is 18.0. The minimum Gasteiger partial charge on any atom is -0.492 e. The summed E-state index contributed by atoms with van der Waals surface area (Å²) in [5.74, 6) is -0.257. The lowest BCUT2D eigenvalue weighted by atomic mass is 9.95. The lowest BCUT2D eigenvalue weighted by molar-refractivity contribution is -0.0688. The molecule has 0 radical (unpaired) electrons. The molecule has 7 heteroatoms. The summed E-state index contributed by atoms with van der Waals surface area (Å²) in [6.45, 7) is 0.197. The molecule has 0 bridgehead atoms. The molecule has 1 aliphatic rings. The van der Waals surface area contributed by atoms with Crippen LogP contribution in [0.5, 0.6) is 11.5 Å². The summed E-state index contributed by atoms with van der Waals surface area (Å²) >= 11 is 5.85. The number of hydrogen-bond acceptors (Lipinski definition) is 6. The van der Waals surface area contributed by atoms with Crippen LogP contribution in [0, 0.1) is 0 Å². The van der Waals surface area contributed by atoms with Crippen LogP contribution in [0.1, 0.15) is 31.8 Å². The number of carbonyl (C=O) groups excluding carboxylic acids is 2. The number of hydrogen-bond donors (Lipinski definition) is 1. The molecule has 1 N–H and O–H groups in total. The standard InChI is InChI=1S/C18H15ClO6/c1-23-17-14(8-20)12-7-16(21)25-18(22)13(12)6-15(17)24-9-10-2-4-11(19)5-3-10/h2-6,8,16,21H,7,9H2,1H3. The highest BCUT2D eigenvalue weighted by molar-refractivity contribution is 6.30. The van der Waals surface area contributed by atoms with Crippen LogP contribution in [-0.4, -0.2) is 30.8 Å². The molecule has 130 valence electrons. The van der Waals surface area contributed by atoms with Gasteiger partial charge in [0, 0.05) is 11.4 Å². The second-order valence-electron chi connectivity index (χ2n) is 5.44. The molecule has 0 saturated heterocycles. The van der Waals surface area contributed by atoms with Crippen LogP contribution >= 0.6 is 11.6 Å². The Hall–Kier alpha value is -2.57. The Morgan fingerprint density at radius 1 is 1.36 bits per heavy atom. The van der Waals surface area contributed by atoms with Gasteiger partial charge in [-0.15, -0.1) is 0 Å². The van der Waals surface area contributed by atoms with Crippen molar-refractivity contribution in [3.05, 3.63) is 57.6 Å². The van der Waals surface area contributed by atoms with E-state index >= 15 is 0 Å². The first-order valence-electron chi connectivity index (χ1n) is 7.48. The first kappa shape index (κ1) is 17.3. The van der Waals surface area contributed by atoms with Gasteiger partial charge in [0.1, 0.15) is 6.61 Å². The van der Waals surface area contributed by atoms with E-state index in [4.69, 9.17) is 25.8 Å². The SMILES string of the molecule is COc1c(OCc2ccc(Cl)cc2)cc2c(c1C=O)CC(O)OC2=O. The van der Waals surface area contributed by atoms with Gasteiger partial charge >= 0.3 is 5.97 Å². The van der Waals surface area contributed by atoms with Gasteiger partial charge in [-0.2, -0.15) is 0 Å². The maximum atomic E-state index is 12.0. The van der Waals surface area contributed by atoms with E-state index in [2.05, 4.69) is 0 Å². The molecule has 3 rings (SSSR count). The van der Waals surface area contributed by atoms with Crippen LogP contribution in [0.2, 0.25) is 5.02 Å². The number of ether oxygens (including phenoxy) is 3. The van der Waals surface area contributed by atoms with Crippen molar-refractivity contribution in [3.63, 3.8) is 0 Å². The Morgan fingerprint density at radius 2 is 2.08 bits per heavy atom. The largest absolute Gasteiger partial charge is 0.492 e. The molecule has 0 aliphatic carbocycles. The highest BCUT2D eigenvalue weighted by Gasteiger charge is 2.31. The van der Waals surface area contributed by atoms with Gasteiger partial charge in [-0.3, -0.25) is 4.79 Å². The fraction of sp³-hybridized carbons (Fsp3) is 0.222. The molecule has 1 atom stereocenters. The fourth-order valence-electron chi connectivity index (χ4n) is 2.69. The second-order valence-corrected chi connectivity index (χ2v) is 5.88. The summed E-state index contributed by atoms with van der Waals surface area (Å²) in [5.41, 5.74) is 1.59. The summed E-state index contributed by atoms with van der Waals surface area (Å²) in [6, 6.07) is 8.54. The first-order valence-corrected chi connectivity index (χ1v) is 7.86. The van der Waals surface area contributed by atoms with E-state index in [-0.39, 0.29) is 35.7 Å². The number of halogens is 1. The van der Waals surface area contributed by atoms with Crippen LogP contribution in [-0.2, 0) is 17.8 Å². The lowest BCUT2D eigenvalue weighted by Gasteiger charge is -2.24. The van der Waals surface area contributed by atoms with Crippen molar-refractivity contribution in [2.24, 2.45) is 0 Å². The number of esters is 1. The molecule has 25 heavy (non-hydrogen) atoms. The predicted molar refractivity (Wildman–Crippen MR) is 89.3 cm³/mol. The third-order valence-electron chi connectivity index (χ3n) is 3.87. The Morgan fingerprint density at radius 3 is 2.72 bits per heavy atom. The first-order chi connectivity index (χ1) is 12.0. The molecule has 0 aromatic heterocycles. The molecule has 0 amide bonds. The van der Waals surface area contributed by atoms with Gasteiger partial charge in [-0.25, -0.2) is 4.79 Å². The van der Waals surface area contributed by atoms with Crippen molar-refractivity contribution in [1.29, 1.82) is 0 Å². The van der Waals surface area contributed by atoms with Gasteiger partial charge in [0.2, 0.25) is 6.29 Å². The smallest absolute Gasteiger partial charge is 0.340 e. The number of cyclic esters (lactones) is 1. The normalized spacial score (nSPS) is 16.0. The van der Waals surface area contributed by atoms with Crippen LogP contribution in [0.4, 0.5) is 0 Å². The third kappa shape index (κ3) is 3.45. The van der Waals surface area contributed by atoms with E-state index in [0.717, 1.165) is 5.56 Å². The number of aldehydes is 1. The van der Waals surface area contributed by atoms with Gasteiger partial charge < -0.3 is 19.3 Å². The molecule has 2 aromatic rings. The van der Waals surface area contributed by atoms with Crippen molar-refractivity contribution >= 4 is 23.9 Å². The summed E-state index contributed by atoms with van der Waals surface area (Å²) < 4.78 is 15.8. The number of benzene rings is 2. The van der Waals surface area contributed by atoms with E-state index in [1.165, 1.54) is 13.2 Å². The Labute approximate surface area is 148 Å². The highest BCUT2D eigenvalue weighted by atomic mass is 35.5. The van der Waals surface area contributed by atoms with E-state index in [0.29, 0.717) is 16.9 Å². The van der Waals surface area contributed by atoms with Gasteiger partial charge in [-0.05, 0) is 29.3 Å². The Balaban J connectivity index is 1.98. The molecule has 0 spiro atoms. The molecular weight excluding hydrogens is 348 g/mol. The Bertz CT molecular complexity index is 815. The number of aliphatic hydroxyl groups excluding tert-OH is 1.